The van der Waals surface area contributed by atoms with Crippen molar-refractivity contribution in [2.45, 2.75) is 19.8 Å². The largest absolute Gasteiger partial charge is 0.396 e. The number of aromatic amines is 1. The van der Waals surface area contributed by atoms with Gasteiger partial charge in [-0.1, -0.05) is 30.3 Å². The van der Waals surface area contributed by atoms with Gasteiger partial charge in [-0.25, -0.2) is 4.98 Å². The molecule has 1 heterocycles. The van der Waals surface area contributed by atoms with E-state index < -0.39 is 0 Å². The van der Waals surface area contributed by atoms with Crippen molar-refractivity contribution < 1.29 is 5.11 Å². The summed E-state index contributed by atoms with van der Waals surface area (Å²) < 4.78 is 0. The second-order valence-corrected chi connectivity index (χ2v) is 3.84. The smallest absolute Gasteiger partial charge is 0.103 e. The first-order valence-electron chi connectivity index (χ1n) is 5.53. The lowest BCUT2D eigenvalue weighted by molar-refractivity contribution is 0.288. The molecule has 1 aromatic heterocycles. The van der Waals surface area contributed by atoms with Gasteiger partial charge in [-0.05, 0) is 25.3 Å². The van der Waals surface area contributed by atoms with Gasteiger partial charge in [0.2, 0.25) is 0 Å². The highest BCUT2D eigenvalue weighted by molar-refractivity contribution is 5.61. The summed E-state index contributed by atoms with van der Waals surface area (Å²) in [6.07, 6.45) is 1.56. The molecule has 0 aliphatic rings. The average Bonchev–Trinajstić information content (AvgIpc) is 2.69. The lowest BCUT2D eigenvalue weighted by Crippen LogP contribution is -1.92. The Labute approximate surface area is 95.2 Å². The van der Waals surface area contributed by atoms with Crippen LogP contribution in [0.3, 0.4) is 0 Å². The van der Waals surface area contributed by atoms with E-state index in [1.165, 1.54) is 0 Å². The zero-order chi connectivity index (χ0) is 11.4. The molecule has 0 fully saturated rings. The van der Waals surface area contributed by atoms with Gasteiger partial charge in [0, 0.05) is 6.61 Å². The fourth-order valence-corrected chi connectivity index (χ4v) is 1.81. The van der Waals surface area contributed by atoms with Gasteiger partial charge in [0.05, 0.1) is 11.4 Å². The van der Waals surface area contributed by atoms with Crippen LogP contribution in [0.4, 0.5) is 0 Å². The maximum atomic E-state index is 8.86. The Morgan fingerprint density at radius 3 is 2.69 bits per heavy atom. The molecular formula is C13H16N2O. The number of nitrogens with one attached hydrogen (secondary N) is 1. The van der Waals surface area contributed by atoms with E-state index in [-0.39, 0.29) is 6.61 Å². The molecule has 3 heteroatoms. The number of aromatic nitrogens is 2. The van der Waals surface area contributed by atoms with Gasteiger partial charge in [0.1, 0.15) is 5.82 Å². The predicted octanol–water partition coefficient (Wildman–Crippen LogP) is 2.31. The molecular weight excluding hydrogens is 200 g/mol. The van der Waals surface area contributed by atoms with Gasteiger partial charge in [0.15, 0.2) is 0 Å². The zero-order valence-corrected chi connectivity index (χ0v) is 9.40. The van der Waals surface area contributed by atoms with Crippen LogP contribution in [0.1, 0.15) is 17.9 Å². The maximum Gasteiger partial charge on any atom is 0.103 e. The number of aliphatic hydroxyl groups excluding tert-OH is 1. The summed E-state index contributed by atoms with van der Waals surface area (Å²) in [6, 6.07) is 10.2. The molecule has 0 saturated carbocycles. The molecule has 0 atom stereocenters. The monoisotopic (exact) mass is 216 g/mol. The Balaban J connectivity index is 2.33. The minimum absolute atomic E-state index is 0.208. The molecule has 2 rings (SSSR count). The highest BCUT2D eigenvalue weighted by Gasteiger charge is 2.09. The van der Waals surface area contributed by atoms with E-state index in [0.29, 0.717) is 0 Å². The molecule has 0 bridgehead atoms. The molecule has 0 spiro atoms. The number of hydrogen-bond donors (Lipinski definition) is 2. The standard InChI is InChI=1S/C13H16N2O/c1-10-14-12(8-5-9-16)13(15-10)11-6-3-2-4-7-11/h2-4,6-7,16H,5,8-9H2,1H3,(H,14,15). The summed E-state index contributed by atoms with van der Waals surface area (Å²) in [5.41, 5.74) is 3.26. The Bertz CT molecular complexity index is 448. The summed E-state index contributed by atoms with van der Waals surface area (Å²) >= 11 is 0. The van der Waals surface area contributed by atoms with E-state index in [2.05, 4.69) is 22.1 Å². The first-order chi connectivity index (χ1) is 7.81. The number of nitrogens with zero attached hydrogens (tertiary/aromatic N) is 1. The lowest BCUT2D eigenvalue weighted by Gasteiger charge is -2.01. The Morgan fingerprint density at radius 1 is 1.25 bits per heavy atom. The molecule has 84 valence electrons. The molecule has 0 aliphatic heterocycles. The molecule has 2 aromatic rings. The van der Waals surface area contributed by atoms with Crippen LogP contribution in [0.25, 0.3) is 11.3 Å². The Morgan fingerprint density at radius 2 is 2.00 bits per heavy atom. The topological polar surface area (TPSA) is 48.9 Å². The van der Waals surface area contributed by atoms with E-state index in [1.54, 1.807) is 0 Å². The highest BCUT2D eigenvalue weighted by atomic mass is 16.2. The van der Waals surface area contributed by atoms with Crippen molar-refractivity contribution in [3.63, 3.8) is 0 Å². The van der Waals surface area contributed by atoms with Gasteiger partial charge < -0.3 is 10.1 Å². The quantitative estimate of drug-likeness (QED) is 0.824. The molecule has 0 unspecified atom stereocenters. The maximum absolute atomic E-state index is 8.86. The number of H-pyrrole nitrogens is 1. The van der Waals surface area contributed by atoms with Crippen LogP contribution in [0, 0.1) is 6.92 Å². The van der Waals surface area contributed by atoms with Crippen molar-refractivity contribution in [2.75, 3.05) is 6.61 Å². The van der Waals surface area contributed by atoms with Gasteiger partial charge in [-0.3, -0.25) is 0 Å². The first kappa shape index (κ1) is 10.9. The average molecular weight is 216 g/mol. The second kappa shape index (κ2) is 4.94. The predicted molar refractivity (Wildman–Crippen MR) is 64.2 cm³/mol. The van der Waals surface area contributed by atoms with Crippen molar-refractivity contribution in [3.05, 3.63) is 41.9 Å². The third-order valence-corrected chi connectivity index (χ3v) is 2.53. The van der Waals surface area contributed by atoms with Crippen molar-refractivity contribution in [3.8, 4) is 11.3 Å². The minimum atomic E-state index is 0.208. The van der Waals surface area contributed by atoms with Gasteiger partial charge in [0.25, 0.3) is 0 Å². The van der Waals surface area contributed by atoms with Gasteiger partial charge in [-0.2, -0.15) is 0 Å². The fourth-order valence-electron chi connectivity index (χ4n) is 1.81. The molecule has 0 saturated heterocycles. The third kappa shape index (κ3) is 2.31. The van der Waals surface area contributed by atoms with Crippen LogP contribution in [-0.4, -0.2) is 21.7 Å². The van der Waals surface area contributed by atoms with E-state index in [0.717, 1.165) is 35.6 Å². The molecule has 1 aromatic carbocycles. The molecule has 16 heavy (non-hydrogen) atoms. The van der Waals surface area contributed by atoms with Crippen LogP contribution in [0.5, 0.6) is 0 Å². The lowest BCUT2D eigenvalue weighted by atomic mass is 10.1. The third-order valence-electron chi connectivity index (χ3n) is 2.53. The summed E-state index contributed by atoms with van der Waals surface area (Å²) in [6.45, 7) is 2.16. The highest BCUT2D eigenvalue weighted by Crippen LogP contribution is 2.22. The van der Waals surface area contributed by atoms with Crippen LogP contribution in [0.2, 0.25) is 0 Å². The number of aliphatic hydroxyl groups is 1. The summed E-state index contributed by atoms with van der Waals surface area (Å²) in [5.74, 6) is 0.923. The van der Waals surface area contributed by atoms with Crippen molar-refractivity contribution in [2.24, 2.45) is 0 Å². The van der Waals surface area contributed by atoms with Crippen LogP contribution >= 0.6 is 0 Å². The molecule has 2 N–H and O–H groups in total. The van der Waals surface area contributed by atoms with Crippen LogP contribution in [-0.2, 0) is 6.42 Å². The SMILES string of the molecule is Cc1nc(CCCO)c(-c2ccccc2)[nH]1. The number of benzene rings is 1. The van der Waals surface area contributed by atoms with E-state index >= 15 is 0 Å². The molecule has 0 aliphatic carbocycles. The summed E-state index contributed by atoms with van der Waals surface area (Å²) in [4.78, 5) is 7.73. The van der Waals surface area contributed by atoms with Crippen molar-refractivity contribution in [1.29, 1.82) is 0 Å². The number of imidazole rings is 1. The normalized spacial score (nSPS) is 10.6. The number of aryl methyl sites for hydroxylation is 2. The van der Waals surface area contributed by atoms with E-state index in [1.807, 2.05) is 25.1 Å². The molecule has 3 nitrogen and oxygen atoms in total. The minimum Gasteiger partial charge on any atom is -0.396 e. The number of hydrogen-bond acceptors (Lipinski definition) is 2. The Hall–Kier alpha value is -1.61. The van der Waals surface area contributed by atoms with Gasteiger partial charge in [-0.15, -0.1) is 0 Å². The fraction of sp³-hybridized carbons (Fsp3) is 0.308. The van der Waals surface area contributed by atoms with Crippen molar-refractivity contribution >= 4 is 0 Å². The first-order valence-corrected chi connectivity index (χ1v) is 5.53. The second-order valence-electron chi connectivity index (χ2n) is 3.84. The van der Waals surface area contributed by atoms with Gasteiger partial charge >= 0.3 is 0 Å². The van der Waals surface area contributed by atoms with Crippen LogP contribution in [0.15, 0.2) is 30.3 Å². The molecule has 0 radical (unpaired) electrons. The summed E-state index contributed by atoms with van der Waals surface area (Å²) in [7, 11) is 0. The summed E-state index contributed by atoms with van der Waals surface area (Å²) in [5, 5.41) is 8.86. The van der Waals surface area contributed by atoms with Crippen LogP contribution < -0.4 is 0 Å². The molecule has 0 amide bonds. The zero-order valence-electron chi connectivity index (χ0n) is 9.40. The van der Waals surface area contributed by atoms with Crippen molar-refractivity contribution in [1.82, 2.24) is 9.97 Å². The Kier molecular flexibility index (Phi) is 3.37. The van der Waals surface area contributed by atoms with E-state index in [9.17, 15) is 0 Å². The number of rotatable bonds is 4. The van der Waals surface area contributed by atoms with E-state index in [4.69, 9.17) is 5.11 Å².